The van der Waals surface area contributed by atoms with Gasteiger partial charge in [0.05, 0.1) is 6.04 Å². The van der Waals surface area contributed by atoms with Gasteiger partial charge < -0.3 is 4.90 Å². The third-order valence-electron chi connectivity index (χ3n) is 3.20. The summed E-state index contributed by atoms with van der Waals surface area (Å²) in [6, 6.07) is 13.7. The van der Waals surface area contributed by atoms with Crippen molar-refractivity contribution in [2.24, 2.45) is 0 Å². The topological polar surface area (TPSA) is 39.9 Å². The van der Waals surface area contributed by atoms with Crippen molar-refractivity contribution < 1.29 is 0 Å². The van der Waals surface area contributed by atoms with Crippen molar-refractivity contribution in [1.29, 1.82) is 5.26 Å². The molecule has 4 heteroatoms. The van der Waals surface area contributed by atoms with Crippen LogP contribution >= 0.6 is 11.6 Å². The highest BCUT2D eigenvalue weighted by atomic mass is 35.5. The Morgan fingerprint density at radius 2 is 1.95 bits per heavy atom. The fraction of sp³-hybridized carbons (Fsp3) is 0.200. The maximum atomic E-state index is 8.88. The standard InChI is InChI=1S/C15H14ClN3/c1-11(12-3-5-13(16)6-4-12)19(2)15-7-8-18-14(9-15)10-17/h3-9,11H,1-2H3. The summed E-state index contributed by atoms with van der Waals surface area (Å²) < 4.78 is 0. The number of nitrogens with zero attached hydrogens (tertiary/aromatic N) is 3. The summed E-state index contributed by atoms with van der Waals surface area (Å²) in [6.45, 7) is 2.11. The van der Waals surface area contributed by atoms with Crippen LogP contribution in [-0.2, 0) is 0 Å². The van der Waals surface area contributed by atoms with Crippen molar-refractivity contribution in [2.75, 3.05) is 11.9 Å². The first-order chi connectivity index (χ1) is 9.11. The molecule has 0 spiro atoms. The molecule has 2 aromatic rings. The minimum absolute atomic E-state index is 0.186. The van der Waals surface area contributed by atoms with E-state index in [9.17, 15) is 0 Å². The van der Waals surface area contributed by atoms with Gasteiger partial charge in [-0.2, -0.15) is 5.26 Å². The fourth-order valence-corrected chi connectivity index (χ4v) is 2.01. The van der Waals surface area contributed by atoms with Crippen LogP contribution in [0.5, 0.6) is 0 Å². The lowest BCUT2D eigenvalue weighted by atomic mass is 10.1. The smallest absolute Gasteiger partial charge is 0.142 e. The minimum atomic E-state index is 0.186. The highest BCUT2D eigenvalue weighted by Crippen LogP contribution is 2.26. The Hall–Kier alpha value is -2.05. The molecule has 19 heavy (non-hydrogen) atoms. The zero-order valence-corrected chi connectivity index (χ0v) is 11.6. The quantitative estimate of drug-likeness (QED) is 0.852. The Morgan fingerprint density at radius 1 is 1.26 bits per heavy atom. The molecule has 0 radical (unpaired) electrons. The van der Waals surface area contributed by atoms with Crippen LogP contribution in [0.3, 0.4) is 0 Å². The van der Waals surface area contributed by atoms with Crippen molar-refractivity contribution in [3.63, 3.8) is 0 Å². The maximum Gasteiger partial charge on any atom is 0.142 e. The molecule has 1 aromatic heterocycles. The number of nitriles is 1. The first-order valence-electron chi connectivity index (χ1n) is 5.96. The summed E-state index contributed by atoms with van der Waals surface area (Å²) in [5.74, 6) is 0. The molecule has 1 aromatic carbocycles. The summed E-state index contributed by atoms with van der Waals surface area (Å²) in [4.78, 5) is 6.08. The van der Waals surface area contributed by atoms with E-state index in [1.807, 2.05) is 37.4 Å². The molecule has 96 valence electrons. The van der Waals surface area contributed by atoms with E-state index in [0.29, 0.717) is 5.69 Å². The van der Waals surface area contributed by atoms with Gasteiger partial charge in [0.2, 0.25) is 0 Å². The van der Waals surface area contributed by atoms with Gasteiger partial charge in [0.25, 0.3) is 0 Å². The molecule has 1 atom stereocenters. The van der Waals surface area contributed by atoms with Gasteiger partial charge in [0.1, 0.15) is 11.8 Å². The van der Waals surface area contributed by atoms with E-state index in [2.05, 4.69) is 22.9 Å². The largest absolute Gasteiger partial charge is 0.368 e. The predicted molar refractivity (Wildman–Crippen MR) is 77.2 cm³/mol. The van der Waals surface area contributed by atoms with Gasteiger partial charge in [0.15, 0.2) is 0 Å². The number of halogens is 1. The number of aromatic nitrogens is 1. The summed E-state index contributed by atoms with van der Waals surface area (Å²) >= 11 is 5.89. The van der Waals surface area contributed by atoms with Gasteiger partial charge in [-0.05, 0) is 36.8 Å². The molecule has 3 nitrogen and oxygen atoms in total. The molecule has 2 rings (SSSR count). The molecular formula is C15H14ClN3. The Labute approximate surface area is 118 Å². The second kappa shape index (κ2) is 5.73. The van der Waals surface area contributed by atoms with Crippen LogP contribution in [0.1, 0.15) is 24.2 Å². The van der Waals surface area contributed by atoms with E-state index in [0.717, 1.165) is 10.7 Å². The normalized spacial score (nSPS) is 11.7. The lowest BCUT2D eigenvalue weighted by molar-refractivity contribution is 0.739. The zero-order chi connectivity index (χ0) is 13.8. The van der Waals surface area contributed by atoms with E-state index in [1.54, 1.807) is 12.3 Å². The van der Waals surface area contributed by atoms with Crippen molar-refractivity contribution in [3.05, 3.63) is 58.9 Å². The van der Waals surface area contributed by atoms with E-state index in [1.165, 1.54) is 5.56 Å². The zero-order valence-electron chi connectivity index (χ0n) is 10.8. The van der Waals surface area contributed by atoms with Crippen LogP contribution in [0.4, 0.5) is 5.69 Å². The summed E-state index contributed by atoms with van der Waals surface area (Å²) in [7, 11) is 2.00. The second-order valence-electron chi connectivity index (χ2n) is 4.35. The molecule has 1 heterocycles. The van der Waals surface area contributed by atoms with E-state index in [-0.39, 0.29) is 6.04 Å². The lowest BCUT2D eigenvalue weighted by Crippen LogP contribution is -2.21. The predicted octanol–water partition coefficient (Wildman–Crippen LogP) is 3.80. The average molecular weight is 272 g/mol. The monoisotopic (exact) mass is 271 g/mol. The Morgan fingerprint density at radius 3 is 2.58 bits per heavy atom. The third-order valence-corrected chi connectivity index (χ3v) is 3.45. The summed E-state index contributed by atoms with van der Waals surface area (Å²) in [5, 5.41) is 9.62. The highest BCUT2D eigenvalue weighted by molar-refractivity contribution is 6.30. The molecule has 1 unspecified atom stereocenters. The van der Waals surface area contributed by atoms with Crippen molar-refractivity contribution >= 4 is 17.3 Å². The third kappa shape index (κ3) is 3.04. The number of pyridine rings is 1. The summed E-state index contributed by atoms with van der Waals surface area (Å²) in [6.07, 6.45) is 1.65. The molecule has 0 saturated carbocycles. The van der Waals surface area contributed by atoms with Crippen LogP contribution in [0, 0.1) is 11.3 Å². The van der Waals surface area contributed by atoms with Gasteiger partial charge in [-0.15, -0.1) is 0 Å². The minimum Gasteiger partial charge on any atom is -0.368 e. The highest BCUT2D eigenvalue weighted by Gasteiger charge is 2.12. The van der Waals surface area contributed by atoms with Crippen molar-refractivity contribution in [3.8, 4) is 6.07 Å². The Balaban J connectivity index is 2.25. The molecule has 0 aliphatic heterocycles. The fourth-order valence-electron chi connectivity index (χ4n) is 1.89. The van der Waals surface area contributed by atoms with E-state index >= 15 is 0 Å². The number of hydrogen-bond donors (Lipinski definition) is 0. The number of hydrogen-bond acceptors (Lipinski definition) is 3. The second-order valence-corrected chi connectivity index (χ2v) is 4.79. The van der Waals surface area contributed by atoms with E-state index in [4.69, 9.17) is 16.9 Å². The molecule has 0 amide bonds. The molecule has 0 N–H and O–H groups in total. The van der Waals surface area contributed by atoms with Crippen LogP contribution in [-0.4, -0.2) is 12.0 Å². The molecule has 0 aliphatic rings. The van der Waals surface area contributed by atoms with E-state index < -0.39 is 0 Å². The Kier molecular flexibility index (Phi) is 4.03. The average Bonchev–Trinajstić information content (AvgIpc) is 2.46. The van der Waals surface area contributed by atoms with Crippen LogP contribution in [0.15, 0.2) is 42.6 Å². The van der Waals surface area contributed by atoms with Gasteiger partial charge in [-0.25, -0.2) is 4.98 Å². The van der Waals surface area contributed by atoms with Crippen LogP contribution < -0.4 is 4.90 Å². The first-order valence-corrected chi connectivity index (χ1v) is 6.34. The molecule has 0 bridgehead atoms. The number of benzene rings is 1. The Bertz CT molecular complexity index is 602. The maximum absolute atomic E-state index is 8.88. The van der Waals surface area contributed by atoms with Crippen molar-refractivity contribution in [2.45, 2.75) is 13.0 Å². The van der Waals surface area contributed by atoms with Crippen LogP contribution in [0.25, 0.3) is 0 Å². The van der Waals surface area contributed by atoms with Gasteiger partial charge >= 0.3 is 0 Å². The molecular weight excluding hydrogens is 258 g/mol. The summed E-state index contributed by atoms with van der Waals surface area (Å²) in [5.41, 5.74) is 2.56. The van der Waals surface area contributed by atoms with Crippen LogP contribution in [0.2, 0.25) is 5.02 Å². The molecule has 0 fully saturated rings. The number of anilines is 1. The van der Waals surface area contributed by atoms with Gasteiger partial charge in [0, 0.05) is 24.0 Å². The first kappa shape index (κ1) is 13.4. The lowest BCUT2D eigenvalue weighted by Gasteiger charge is -2.27. The SMILES string of the molecule is CC(c1ccc(Cl)cc1)N(C)c1ccnc(C#N)c1. The van der Waals surface area contributed by atoms with Gasteiger partial charge in [-0.1, -0.05) is 23.7 Å². The van der Waals surface area contributed by atoms with Crippen molar-refractivity contribution in [1.82, 2.24) is 4.98 Å². The molecule has 0 saturated heterocycles. The molecule has 0 aliphatic carbocycles. The van der Waals surface area contributed by atoms with Gasteiger partial charge in [-0.3, -0.25) is 0 Å². The number of rotatable bonds is 3.